The summed E-state index contributed by atoms with van der Waals surface area (Å²) in [5.41, 5.74) is 8.75. The Bertz CT molecular complexity index is 1140. The van der Waals surface area contributed by atoms with Crippen LogP contribution < -0.4 is 0 Å². The summed E-state index contributed by atoms with van der Waals surface area (Å²) in [6.45, 7) is 10.1. The third-order valence-electron chi connectivity index (χ3n) is 8.71. The number of nitrogens with zero attached hydrogens (tertiary/aromatic N) is 2. The van der Waals surface area contributed by atoms with Crippen molar-refractivity contribution in [3.05, 3.63) is 57.6 Å². The van der Waals surface area contributed by atoms with Gasteiger partial charge >= 0.3 is 0 Å². The zero-order valence-corrected chi connectivity index (χ0v) is 20.3. The van der Waals surface area contributed by atoms with E-state index in [4.69, 9.17) is 9.47 Å². The van der Waals surface area contributed by atoms with Gasteiger partial charge in [-0.1, -0.05) is 25.0 Å². The highest BCUT2D eigenvalue weighted by atomic mass is 16.5. The molecule has 4 heterocycles. The fraction of sp³-hybridized carbons (Fsp3) is 0.533. The molecule has 0 bridgehead atoms. The van der Waals surface area contributed by atoms with E-state index in [2.05, 4.69) is 34.1 Å². The maximum atomic E-state index is 6.09. The van der Waals surface area contributed by atoms with E-state index >= 15 is 0 Å². The Morgan fingerprint density at radius 1 is 0.529 bits per heavy atom. The third-order valence-corrected chi connectivity index (χ3v) is 8.71. The minimum atomic E-state index is 0.740. The van der Waals surface area contributed by atoms with E-state index < -0.39 is 0 Å². The molecule has 4 nitrogen and oxygen atoms in total. The van der Waals surface area contributed by atoms with E-state index in [-0.39, 0.29) is 0 Å². The second-order valence-corrected chi connectivity index (χ2v) is 10.9. The zero-order chi connectivity index (χ0) is 22.5. The summed E-state index contributed by atoms with van der Waals surface area (Å²) < 4.78 is 12.2. The standard InChI is InChI=1S/C30H36N2O2/c1-3-9-31(10-4-1)15-23-13-21-7-8-22-14-24(16-32-11-5-2-6-12-32)26-18-34-20-28(26)30(22)29(21)27-19-33-17-25(23)27/h7-8,13-14H,1-6,9-12,15-20H2. The molecular weight excluding hydrogens is 420 g/mol. The monoisotopic (exact) mass is 456 g/mol. The average molecular weight is 457 g/mol. The van der Waals surface area contributed by atoms with E-state index in [1.807, 2.05) is 0 Å². The highest BCUT2D eigenvalue weighted by Gasteiger charge is 2.26. The van der Waals surface area contributed by atoms with Crippen molar-refractivity contribution in [2.24, 2.45) is 0 Å². The van der Waals surface area contributed by atoms with Crippen LogP contribution in [0.4, 0.5) is 0 Å². The summed E-state index contributed by atoms with van der Waals surface area (Å²) in [6, 6.07) is 9.67. The first-order valence-corrected chi connectivity index (χ1v) is 13.5. The topological polar surface area (TPSA) is 24.9 Å². The van der Waals surface area contributed by atoms with Crippen LogP contribution in [0.1, 0.15) is 71.9 Å². The van der Waals surface area contributed by atoms with Crippen molar-refractivity contribution in [1.29, 1.82) is 0 Å². The van der Waals surface area contributed by atoms with Crippen LogP contribution in [0.25, 0.3) is 21.5 Å². The van der Waals surface area contributed by atoms with Crippen molar-refractivity contribution in [1.82, 2.24) is 9.80 Å². The average Bonchev–Trinajstić information content (AvgIpc) is 3.56. The number of ether oxygens (including phenoxy) is 2. The smallest absolute Gasteiger partial charge is 0.0731 e. The summed E-state index contributed by atoms with van der Waals surface area (Å²) in [4.78, 5) is 5.28. The molecule has 7 rings (SSSR count). The molecule has 0 amide bonds. The molecule has 0 unspecified atom stereocenters. The molecule has 0 N–H and O–H groups in total. The van der Waals surface area contributed by atoms with Gasteiger partial charge in [-0.15, -0.1) is 0 Å². The van der Waals surface area contributed by atoms with Crippen molar-refractivity contribution < 1.29 is 9.47 Å². The molecule has 3 aromatic rings. The first-order valence-electron chi connectivity index (χ1n) is 13.5. The first-order chi connectivity index (χ1) is 16.8. The van der Waals surface area contributed by atoms with Crippen LogP contribution in [0.15, 0.2) is 24.3 Å². The van der Waals surface area contributed by atoms with Gasteiger partial charge in [0.1, 0.15) is 0 Å². The van der Waals surface area contributed by atoms with Gasteiger partial charge in [0.25, 0.3) is 0 Å². The molecule has 0 aliphatic carbocycles. The van der Waals surface area contributed by atoms with E-state index in [9.17, 15) is 0 Å². The Labute approximate surface area is 202 Å². The largest absolute Gasteiger partial charge is 0.372 e. The van der Waals surface area contributed by atoms with Gasteiger partial charge < -0.3 is 9.47 Å². The van der Waals surface area contributed by atoms with E-state index in [1.165, 1.54) is 120 Å². The summed E-state index contributed by atoms with van der Waals surface area (Å²) in [7, 11) is 0. The van der Waals surface area contributed by atoms with Crippen LogP contribution in [0.3, 0.4) is 0 Å². The molecule has 0 atom stereocenters. The molecule has 34 heavy (non-hydrogen) atoms. The normalized spacial score (nSPS) is 21.4. The molecule has 178 valence electrons. The van der Waals surface area contributed by atoms with Crippen LogP contribution in [-0.4, -0.2) is 36.0 Å². The summed E-state index contributed by atoms with van der Waals surface area (Å²) >= 11 is 0. The number of benzene rings is 3. The molecular formula is C30H36N2O2. The number of fused-ring (bicyclic) bond motifs is 7. The molecule has 0 saturated carbocycles. The van der Waals surface area contributed by atoms with Gasteiger partial charge in [-0.2, -0.15) is 0 Å². The minimum Gasteiger partial charge on any atom is -0.372 e. The van der Waals surface area contributed by atoms with E-state index in [0.29, 0.717) is 0 Å². The van der Waals surface area contributed by atoms with Gasteiger partial charge in [0.05, 0.1) is 26.4 Å². The Balaban J connectivity index is 1.36. The van der Waals surface area contributed by atoms with Crippen LogP contribution in [0, 0.1) is 0 Å². The molecule has 4 aliphatic rings. The van der Waals surface area contributed by atoms with Crippen LogP contribution in [0.2, 0.25) is 0 Å². The van der Waals surface area contributed by atoms with Crippen molar-refractivity contribution in [3.63, 3.8) is 0 Å². The van der Waals surface area contributed by atoms with E-state index in [1.54, 1.807) is 0 Å². The minimum absolute atomic E-state index is 0.740. The predicted octanol–water partition coefficient (Wildman–Crippen LogP) is 6.03. The van der Waals surface area contributed by atoms with Crippen LogP contribution in [0.5, 0.6) is 0 Å². The molecule has 4 heteroatoms. The van der Waals surface area contributed by atoms with Gasteiger partial charge in [-0.05, 0) is 119 Å². The fourth-order valence-electron chi connectivity index (χ4n) is 6.95. The molecule has 0 aromatic heterocycles. The number of rotatable bonds is 4. The quantitative estimate of drug-likeness (QED) is 0.448. The van der Waals surface area contributed by atoms with Gasteiger partial charge in [0.15, 0.2) is 0 Å². The lowest BCUT2D eigenvalue weighted by atomic mass is 9.87. The number of likely N-dealkylation sites (tertiary alicyclic amines) is 2. The highest BCUT2D eigenvalue weighted by molar-refractivity contribution is 6.12. The SMILES string of the molecule is c1cc2cc(CN3CCCCC3)c3c(c2c2c4c(c(CN5CCCCC5)cc12)COC4)COC3. The Kier molecular flexibility index (Phi) is 5.58. The molecule has 4 aliphatic heterocycles. The maximum absolute atomic E-state index is 6.09. The second kappa shape index (κ2) is 8.91. The summed E-state index contributed by atoms with van der Waals surface area (Å²) in [5.74, 6) is 0. The van der Waals surface area contributed by atoms with E-state index in [0.717, 1.165) is 39.5 Å². The lowest BCUT2D eigenvalue weighted by molar-refractivity contribution is 0.133. The molecule has 2 fully saturated rings. The van der Waals surface area contributed by atoms with Crippen molar-refractivity contribution in [3.8, 4) is 0 Å². The number of hydrogen-bond acceptors (Lipinski definition) is 4. The van der Waals surface area contributed by atoms with Crippen molar-refractivity contribution in [2.75, 3.05) is 26.2 Å². The molecule has 0 spiro atoms. The van der Waals surface area contributed by atoms with Crippen molar-refractivity contribution >= 4 is 21.5 Å². The van der Waals surface area contributed by atoms with Gasteiger partial charge in [-0.25, -0.2) is 0 Å². The Morgan fingerprint density at radius 2 is 0.941 bits per heavy atom. The van der Waals surface area contributed by atoms with Crippen molar-refractivity contribution in [2.45, 2.75) is 78.0 Å². The zero-order valence-electron chi connectivity index (χ0n) is 20.3. The van der Waals surface area contributed by atoms with Crippen LogP contribution >= 0.6 is 0 Å². The molecule has 3 aromatic carbocycles. The second-order valence-electron chi connectivity index (χ2n) is 10.9. The maximum Gasteiger partial charge on any atom is 0.0731 e. The van der Waals surface area contributed by atoms with Gasteiger partial charge in [0, 0.05) is 13.1 Å². The Morgan fingerprint density at radius 3 is 1.38 bits per heavy atom. The summed E-state index contributed by atoms with van der Waals surface area (Å²) in [6.07, 6.45) is 8.11. The fourth-order valence-corrected chi connectivity index (χ4v) is 6.95. The highest BCUT2D eigenvalue weighted by Crippen LogP contribution is 2.41. The first kappa shape index (κ1) is 21.3. The van der Waals surface area contributed by atoms with Crippen LogP contribution in [-0.2, 0) is 49.0 Å². The summed E-state index contributed by atoms with van der Waals surface area (Å²) in [5, 5.41) is 5.61. The Hall–Kier alpha value is -1.98. The number of piperidine rings is 2. The number of hydrogen-bond donors (Lipinski definition) is 0. The lowest BCUT2D eigenvalue weighted by Gasteiger charge is -2.28. The molecule has 0 radical (unpaired) electrons. The predicted molar refractivity (Wildman–Crippen MR) is 137 cm³/mol. The van der Waals surface area contributed by atoms with Gasteiger partial charge in [0.2, 0.25) is 0 Å². The van der Waals surface area contributed by atoms with Gasteiger partial charge in [-0.3, -0.25) is 9.80 Å². The molecule has 2 saturated heterocycles. The lowest BCUT2D eigenvalue weighted by Crippen LogP contribution is -2.29. The third kappa shape index (κ3) is 3.67.